The quantitative estimate of drug-likeness (QED) is 0.0452. The van der Waals surface area contributed by atoms with E-state index >= 15 is 0 Å². The zero-order valence-electron chi connectivity index (χ0n) is 39.7. The predicted octanol–water partition coefficient (Wildman–Crippen LogP) is 2.21. The molecule has 0 radical (unpaired) electrons. The number of hydrogen-bond donors (Lipinski definition) is 6. The molecular weight excluding hydrogens is 903 g/mol. The van der Waals surface area contributed by atoms with Crippen LogP contribution in [0.3, 0.4) is 0 Å². The molecule has 3 heterocycles. The smallest absolute Gasteiger partial charge is 0.321 e. The zero-order valence-corrected chi connectivity index (χ0v) is 40.5. The van der Waals surface area contributed by atoms with E-state index in [2.05, 4.69) is 62.1 Å². The molecule has 21 nitrogen and oxygen atoms in total. The molecule has 0 saturated carbocycles. The van der Waals surface area contributed by atoms with Crippen LogP contribution >= 0.6 is 11.8 Å². The number of aliphatic carboxylic acids is 2. The number of carbonyl (C=O) groups is 4. The van der Waals surface area contributed by atoms with Gasteiger partial charge in [-0.25, -0.2) is 4.98 Å². The van der Waals surface area contributed by atoms with Gasteiger partial charge in [-0.05, 0) is 36.1 Å². The molecule has 1 saturated heterocycles. The standard InChI is InChI=1S/C46H73N9O12S/c1-3-4-5-10-49-43-42-38(51-46(48)52-43)8-12-55(42)32-36-7-6-35(29-34(36)2)31-53-13-15-54(16-14-53)40(56)9-17-62-19-21-64-23-25-66-27-28-67-26-24-65-22-20-63-18-11-50-44(59)39(30-41(57)58)68-33-37(47)45(60)61/h6-8,12,29,37,39H,3-5,9-11,13-28,30-33,47H2,1-2H3,(H,50,59)(H,57,58)(H,60,61)(H3,48,49,51,52)/t37-,39+/m0/s1. The maximum Gasteiger partial charge on any atom is 0.321 e. The summed E-state index contributed by atoms with van der Waals surface area (Å²) in [6.07, 6.45) is 5.32. The zero-order chi connectivity index (χ0) is 48.9. The van der Waals surface area contributed by atoms with Crippen LogP contribution in [0.5, 0.6) is 0 Å². The number of aromatic nitrogens is 3. The first-order chi connectivity index (χ1) is 32.9. The van der Waals surface area contributed by atoms with Gasteiger partial charge in [-0.1, -0.05) is 38.0 Å². The molecule has 2 aromatic heterocycles. The summed E-state index contributed by atoms with van der Waals surface area (Å²) in [5.74, 6) is -1.86. The Hall–Kier alpha value is -4.65. The van der Waals surface area contributed by atoms with E-state index in [-0.39, 0.29) is 30.8 Å². The molecule has 2 atom stereocenters. The molecule has 2 amide bonds. The Labute approximate surface area is 403 Å². The van der Waals surface area contributed by atoms with Gasteiger partial charge in [0.05, 0.1) is 103 Å². The first kappa shape index (κ1) is 55.9. The van der Waals surface area contributed by atoms with Crippen molar-refractivity contribution in [3.05, 3.63) is 47.2 Å². The number of benzene rings is 1. The van der Waals surface area contributed by atoms with Gasteiger partial charge in [0.15, 0.2) is 5.82 Å². The number of ether oxygens (including phenoxy) is 6. The van der Waals surface area contributed by atoms with E-state index in [4.69, 9.17) is 50.1 Å². The van der Waals surface area contributed by atoms with Crippen molar-refractivity contribution in [2.45, 2.75) is 70.3 Å². The second kappa shape index (κ2) is 32.2. The molecule has 0 aliphatic carbocycles. The van der Waals surface area contributed by atoms with Crippen molar-refractivity contribution in [1.82, 2.24) is 29.7 Å². The van der Waals surface area contributed by atoms with Gasteiger partial charge in [0.2, 0.25) is 17.8 Å². The number of carboxylic acid groups (broad SMARTS) is 2. The Bertz CT molecular complexity index is 1970. The maximum absolute atomic E-state index is 12.9. The number of anilines is 2. The lowest BCUT2D eigenvalue weighted by Gasteiger charge is -2.35. The van der Waals surface area contributed by atoms with Gasteiger partial charge in [-0.2, -0.15) is 4.98 Å². The Morgan fingerprint density at radius 1 is 0.794 bits per heavy atom. The number of nitrogens with one attached hydrogen (secondary N) is 2. The van der Waals surface area contributed by atoms with Gasteiger partial charge < -0.3 is 70.2 Å². The SMILES string of the molecule is CCCCCNc1nc(N)nc2ccn(Cc3ccc(CN4CCN(C(=O)CCOCCOCCOCCOCCOCCOCCNC(=O)[C@@H](CC(=O)O)SC[C@H](N)C(=O)O)CC4)cc3C)c12. The Balaban J connectivity index is 0.936. The number of amides is 2. The Morgan fingerprint density at radius 2 is 1.41 bits per heavy atom. The molecule has 1 fully saturated rings. The van der Waals surface area contributed by atoms with Crippen molar-refractivity contribution in [1.29, 1.82) is 0 Å². The summed E-state index contributed by atoms with van der Waals surface area (Å²) in [7, 11) is 0. The van der Waals surface area contributed by atoms with Crippen molar-refractivity contribution < 1.29 is 57.8 Å². The summed E-state index contributed by atoms with van der Waals surface area (Å²) in [6.45, 7) is 14.3. The van der Waals surface area contributed by atoms with Crippen LogP contribution in [0.1, 0.15) is 55.7 Å². The van der Waals surface area contributed by atoms with Crippen molar-refractivity contribution in [2.75, 3.05) is 135 Å². The second-order valence-electron chi connectivity index (χ2n) is 16.2. The lowest BCUT2D eigenvalue weighted by atomic mass is 10.0. The topological polar surface area (TPSA) is 277 Å². The van der Waals surface area contributed by atoms with Crippen LogP contribution in [0.25, 0.3) is 11.0 Å². The minimum atomic E-state index is -1.22. The normalized spacial score (nSPS) is 14.0. The van der Waals surface area contributed by atoms with Crippen molar-refractivity contribution in [3.63, 3.8) is 0 Å². The van der Waals surface area contributed by atoms with Crippen LogP contribution in [-0.4, -0.2) is 194 Å². The average Bonchev–Trinajstić information content (AvgIpc) is 3.72. The number of fused-ring (bicyclic) bond motifs is 1. The average molecular weight is 976 g/mol. The van der Waals surface area contributed by atoms with Crippen molar-refractivity contribution in [2.24, 2.45) is 5.73 Å². The molecule has 3 aromatic rings. The summed E-state index contributed by atoms with van der Waals surface area (Å²) < 4.78 is 35.3. The lowest BCUT2D eigenvalue weighted by molar-refractivity contribution is -0.138. The molecule has 68 heavy (non-hydrogen) atoms. The molecule has 0 spiro atoms. The minimum absolute atomic E-state index is 0.0899. The molecule has 0 unspecified atom stereocenters. The number of carbonyl (C=O) groups excluding carboxylic acids is 2. The van der Waals surface area contributed by atoms with Crippen LogP contribution in [-0.2, 0) is 60.7 Å². The molecule has 22 heteroatoms. The summed E-state index contributed by atoms with van der Waals surface area (Å²) in [5, 5.41) is 23.0. The number of piperazine rings is 1. The number of carboxylic acids is 2. The first-order valence-corrected chi connectivity index (χ1v) is 24.5. The second-order valence-corrected chi connectivity index (χ2v) is 17.5. The number of nitrogen functional groups attached to an aromatic ring is 1. The maximum atomic E-state index is 12.9. The summed E-state index contributed by atoms with van der Waals surface area (Å²) in [6, 6.07) is 7.48. The van der Waals surface area contributed by atoms with Gasteiger partial charge in [0.25, 0.3) is 0 Å². The third kappa shape index (κ3) is 21.3. The van der Waals surface area contributed by atoms with Gasteiger partial charge in [-0.3, -0.25) is 24.1 Å². The van der Waals surface area contributed by atoms with Gasteiger partial charge in [-0.15, -0.1) is 11.8 Å². The fourth-order valence-electron chi connectivity index (χ4n) is 7.15. The fourth-order valence-corrected chi connectivity index (χ4v) is 8.23. The van der Waals surface area contributed by atoms with E-state index in [1.54, 1.807) is 0 Å². The number of rotatable bonds is 37. The Morgan fingerprint density at radius 3 is 2.00 bits per heavy atom. The molecule has 8 N–H and O–H groups in total. The minimum Gasteiger partial charge on any atom is -0.481 e. The largest absolute Gasteiger partial charge is 0.481 e. The molecule has 0 bridgehead atoms. The van der Waals surface area contributed by atoms with Crippen molar-refractivity contribution in [3.8, 4) is 0 Å². The highest BCUT2D eigenvalue weighted by Crippen LogP contribution is 2.25. The number of nitrogens with two attached hydrogens (primary N) is 2. The molecular formula is C46H73N9O12S. The number of unbranched alkanes of at least 4 members (excludes halogenated alkanes) is 2. The third-order valence-electron chi connectivity index (χ3n) is 10.9. The van der Waals surface area contributed by atoms with Gasteiger partial charge in [0.1, 0.15) is 11.6 Å². The van der Waals surface area contributed by atoms with E-state index in [0.717, 1.165) is 74.1 Å². The monoisotopic (exact) mass is 976 g/mol. The van der Waals surface area contributed by atoms with E-state index in [9.17, 15) is 19.2 Å². The number of nitrogens with zero attached hydrogens (tertiary/aromatic N) is 5. The third-order valence-corrected chi connectivity index (χ3v) is 12.2. The van der Waals surface area contributed by atoms with E-state index in [0.29, 0.717) is 98.7 Å². The van der Waals surface area contributed by atoms with Crippen LogP contribution in [0.2, 0.25) is 0 Å². The molecule has 380 valence electrons. The van der Waals surface area contributed by atoms with Crippen LogP contribution < -0.4 is 22.1 Å². The van der Waals surface area contributed by atoms with E-state index in [1.165, 1.54) is 16.7 Å². The molecule has 4 rings (SSSR count). The lowest BCUT2D eigenvalue weighted by Crippen LogP contribution is -2.48. The highest BCUT2D eigenvalue weighted by molar-refractivity contribution is 8.00. The summed E-state index contributed by atoms with van der Waals surface area (Å²) in [4.78, 5) is 60.4. The first-order valence-electron chi connectivity index (χ1n) is 23.5. The van der Waals surface area contributed by atoms with Crippen molar-refractivity contribution >= 4 is 58.3 Å². The van der Waals surface area contributed by atoms with Gasteiger partial charge >= 0.3 is 11.9 Å². The van der Waals surface area contributed by atoms with E-state index in [1.807, 2.05) is 17.2 Å². The summed E-state index contributed by atoms with van der Waals surface area (Å²) in [5.41, 5.74) is 17.0. The van der Waals surface area contributed by atoms with Gasteiger partial charge in [0, 0.05) is 64.3 Å². The van der Waals surface area contributed by atoms with Crippen LogP contribution in [0, 0.1) is 6.92 Å². The highest BCUT2D eigenvalue weighted by atomic mass is 32.2. The molecule has 1 aromatic carbocycles. The van der Waals surface area contributed by atoms with Crippen LogP contribution in [0.4, 0.5) is 11.8 Å². The summed E-state index contributed by atoms with van der Waals surface area (Å²) >= 11 is 0.889. The number of hydrogen-bond acceptors (Lipinski definition) is 17. The predicted molar refractivity (Wildman–Crippen MR) is 259 cm³/mol. The van der Waals surface area contributed by atoms with Crippen LogP contribution in [0.15, 0.2) is 30.5 Å². The molecule has 1 aliphatic heterocycles. The highest BCUT2D eigenvalue weighted by Gasteiger charge is 2.25. The molecule has 1 aliphatic rings. The Kier molecular flexibility index (Phi) is 26.5. The number of aryl methyl sites for hydroxylation is 1. The van der Waals surface area contributed by atoms with E-state index < -0.39 is 35.6 Å². The fraction of sp³-hybridized carbons (Fsp3) is 0.652. The number of thioether (sulfide) groups is 1.